The number of aromatic nitrogens is 1. The van der Waals surface area contributed by atoms with Crippen LogP contribution < -0.4 is 0 Å². The molecule has 1 aliphatic heterocycles. The molecule has 1 aromatic heterocycles. The molecule has 0 aliphatic carbocycles. The molecule has 1 aliphatic rings. The van der Waals surface area contributed by atoms with Crippen molar-refractivity contribution in [2.45, 2.75) is 0 Å². The first-order chi connectivity index (χ1) is 4.47. The Hall–Kier alpha value is -1.40. The Morgan fingerprint density at radius 2 is 2.44 bits per heavy atom. The quantitative estimate of drug-likeness (QED) is 0.510. The van der Waals surface area contributed by atoms with Crippen LogP contribution in [0.2, 0.25) is 0 Å². The van der Waals surface area contributed by atoms with Crippen molar-refractivity contribution in [1.82, 2.24) is 4.98 Å². The van der Waals surface area contributed by atoms with Gasteiger partial charge in [0.05, 0.1) is 5.69 Å². The standard InChI is InChI=1S/C7H4N2/c1-4-9-7-2-3-8-5-6(1)7/h1-3,5H. The smallest absolute Gasteiger partial charge is 0.0839 e. The molecule has 9 heavy (non-hydrogen) atoms. The maximum absolute atomic E-state index is 3.95. The van der Waals surface area contributed by atoms with E-state index in [1.807, 2.05) is 12.1 Å². The fourth-order valence-electron chi connectivity index (χ4n) is 0.784. The number of aliphatic imine (C=N–C) groups is 1. The molecule has 0 radical (unpaired) electrons. The molecule has 0 bridgehead atoms. The van der Waals surface area contributed by atoms with Crippen LogP contribution in [0.5, 0.6) is 0 Å². The molecule has 2 rings (SSSR count). The van der Waals surface area contributed by atoms with Crippen molar-refractivity contribution in [2.75, 3.05) is 0 Å². The van der Waals surface area contributed by atoms with E-state index in [-0.39, 0.29) is 0 Å². The van der Waals surface area contributed by atoms with Crippen LogP contribution in [0.15, 0.2) is 23.5 Å². The molecule has 0 spiro atoms. The molecular formula is C7H4N2. The maximum Gasteiger partial charge on any atom is 0.0839 e. The zero-order valence-electron chi connectivity index (χ0n) is 4.70. The van der Waals surface area contributed by atoms with E-state index in [4.69, 9.17) is 0 Å². The molecule has 0 saturated heterocycles. The van der Waals surface area contributed by atoms with E-state index in [0.717, 1.165) is 11.3 Å². The first-order valence-corrected chi connectivity index (χ1v) is 2.70. The molecular weight excluding hydrogens is 112 g/mol. The van der Waals surface area contributed by atoms with E-state index in [1.54, 1.807) is 12.4 Å². The second kappa shape index (κ2) is 1.54. The fraction of sp³-hybridized carbons (Fsp3) is 0. The third kappa shape index (κ3) is 0.574. The first kappa shape index (κ1) is 4.48. The highest BCUT2D eigenvalue weighted by Gasteiger charge is 1.98. The fourth-order valence-corrected chi connectivity index (χ4v) is 0.784. The minimum absolute atomic E-state index is 0.963. The van der Waals surface area contributed by atoms with E-state index >= 15 is 0 Å². The van der Waals surface area contributed by atoms with Crippen molar-refractivity contribution < 1.29 is 0 Å². The largest absolute Gasteiger partial charge is 0.264 e. The van der Waals surface area contributed by atoms with Crippen molar-refractivity contribution in [3.63, 3.8) is 0 Å². The Balaban J connectivity index is 2.72. The van der Waals surface area contributed by atoms with Crippen LogP contribution in [0, 0.1) is 0 Å². The van der Waals surface area contributed by atoms with Crippen LogP contribution in [0.1, 0.15) is 5.56 Å². The van der Waals surface area contributed by atoms with Crippen LogP contribution in [-0.4, -0.2) is 10.9 Å². The summed E-state index contributed by atoms with van der Waals surface area (Å²) in [4.78, 5) is 7.88. The average molecular weight is 116 g/mol. The molecule has 0 atom stereocenters. The number of hydrogen-bond acceptors (Lipinski definition) is 2. The molecule has 2 heteroatoms. The number of pyridine rings is 1. The van der Waals surface area contributed by atoms with Gasteiger partial charge in [-0.05, 0) is 11.9 Å². The lowest BCUT2D eigenvalue weighted by molar-refractivity contribution is 1.31. The van der Waals surface area contributed by atoms with Gasteiger partial charge in [0.15, 0.2) is 0 Å². The molecule has 0 fully saturated rings. The first-order valence-electron chi connectivity index (χ1n) is 2.70. The summed E-state index contributed by atoms with van der Waals surface area (Å²) in [5.74, 6) is 2.75. The SMILES string of the molecule is C1=Cc2cnccc2N=1. The lowest BCUT2D eigenvalue weighted by atomic mass is 10.3. The second-order valence-electron chi connectivity index (χ2n) is 1.82. The van der Waals surface area contributed by atoms with Gasteiger partial charge in [-0.3, -0.25) is 4.98 Å². The number of rotatable bonds is 0. The summed E-state index contributed by atoms with van der Waals surface area (Å²) < 4.78 is 0. The minimum atomic E-state index is 0.963. The zero-order valence-corrected chi connectivity index (χ0v) is 4.70. The molecule has 2 nitrogen and oxygen atoms in total. The highest BCUT2D eigenvalue weighted by Crippen LogP contribution is 2.20. The summed E-state index contributed by atoms with van der Waals surface area (Å²) in [7, 11) is 0. The molecule has 42 valence electrons. The lowest BCUT2D eigenvalue weighted by Gasteiger charge is -1.88. The molecule has 0 aromatic carbocycles. The summed E-state index contributed by atoms with van der Waals surface area (Å²) >= 11 is 0. The topological polar surface area (TPSA) is 25.2 Å². The van der Waals surface area contributed by atoms with E-state index in [0.29, 0.717) is 0 Å². The number of hydrogen-bond donors (Lipinski definition) is 0. The zero-order chi connectivity index (χ0) is 6.10. The monoisotopic (exact) mass is 116 g/mol. The number of nitrogens with zero attached hydrogens (tertiary/aromatic N) is 2. The van der Waals surface area contributed by atoms with Gasteiger partial charge in [0.25, 0.3) is 0 Å². The van der Waals surface area contributed by atoms with Crippen molar-refractivity contribution in [3.05, 3.63) is 24.0 Å². The lowest BCUT2D eigenvalue weighted by Crippen LogP contribution is -1.71. The predicted molar refractivity (Wildman–Crippen MR) is 35.8 cm³/mol. The third-order valence-corrected chi connectivity index (χ3v) is 1.23. The molecule has 1 aromatic rings. The Morgan fingerprint density at radius 3 is 3.33 bits per heavy atom. The van der Waals surface area contributed by atoms with Gasteiger partial charge in [-0.2, -0.15) is 0 Å². The Morgan fingerprint density at radius 1 is 1.44 bits per heavy atom. The Labute approximate surface area is 52.6 Å². The average Bonchev–Trinajstić information content (AvgIpc) is 2.33. The summed E-state index contributed by atoms with van der Waals surface area (Å²) in [6, 6.07) is 1.87. The van der Waals surface area contributed by atoms with Crippen LogP contribution in [-0.2, 0) is 0 Å². The molecule has 0 amide bonds. The van der Waals surface area contributed by atoms with Crippen molar-refractivity contribution in [3.8, 4) is 0 Å². The van der Waals surface area contributed by atoms with Gasteiger partial charge in [-0.25, -0.2) is 4.99 Å². The van der Waals surface area contributed by atoms with E-state index in [9.17, 15) is 0 Å². The highest BCUT2D eigenvalue weighted by molar-refractivity contribution is 5.89. The summed E-state index contributed by atoms with van der Waals surface area (Å²) in [6.07, 6.45) is 5.32. The van der Waals surface area contributed by atoms with E-state index in [1.165, 1.54) is 0 Å². The van der Waals surface area contributed by atoms with E-state index in [2.05, 4.69) is 15.8 Å². The third-order valence-electron chi connectivity index (χ3n) is 1.23. The van der Waals surface area contributed by atoms with Crippen LogP contribution in [0.3, 0.4) is 0 Å². The van der Waals surface area contributed by atoms with Gasteiger partial charge in [0, 0.05) is 24.0 Å². The number of fused-ring (bicyclic) bond motifs is 1. The molecule has 0 saturated carbocycles. The van der Waals surface area contributed by atoms with Crippen molar-refractivity contribution >= 4 is 17.6 Å². The summed E-state index contributed by atoms with van der Waals surface area (Å²) in [5, 5.41) is 0. The van der Waals surface area contributed by atoms with Crippen molar-refractivity contribution in [2.24, 2.45) is 4.99 Å². The van der Waals surface area contributed by atoms with Crippen LogP contribution >= 0.6 is 0 Å². The molecule has 0 N–H and O–H groups in total. The molecule has 0 unspecified atom stereocenters. The molecule has 2 heterocycles. The van der Waals surface area contributed by atoms with Gasteiger partial charge >= 0.3 is 0 Å². The summed E-state index contributed by atoms with van der Waals surface area (Å²) in [5.41, 5.74) is 2.02. The van der Waals surface area contributed by atoms with Gasteiger partial charge in [-0.1, -0.05) is 0 Å². The Kier molecular flexibility index (Phi) is 0.765. The maximum atomic E-state index is 3.95. The van der Waals surface area contributed by atoms with Gasteiger partial charge in [-0.15, -0.1) is 0 Å². The second-order valence-corrected chi connectivity index (χ2v) is 1.82. The van der Waals surface area contributed by atoms with Gasteiger partial charge < -0.3 is 0 Å². The highest BCUT2D eigenvalue weighted by atomic mass is 14.7. The van der Waals surface area contributed by atoms with Crippen molar-refractivity contribution in [1.29, 1.82) is 0 Å². The van der Waals surface area contributed by atoms with Crippen LogP contribution in [0.4, 0.5) is 5.69 Å². The van der Waals surface area contributed by atoms with Gasteiger partial charge in [0.1, 0.15) is 0 Å². The van der Waals surface area contributed by atoms with E-state index < -0.39 is 0 Å². The van der Waals surface area contributed by atoms with Crippen LogP contribution in [0.25, 0.3) is 6.08 Å². The Bertz CT molecular complexity index is 269. The predicted octanol–water partition coefficient (Wildman–Crippen LogP) is 1.41. The van der Waals surface area contributed by atoms with Gasteiger partial charge in [0.2, 0.25) is 0 Å². The minimum Gasteiger partial charge on any atom is -0.264 e. The summed E-state index contributed by atoms with van der Waals surface area (Å²) in [6.45, 7) is 0. The normalized spacial score (nSPS) is 12.0.